The van der Waals surface area contributed by atoms with E-state index < -0.39 is 24.0 Å². The summed E-state index contributed by atoms with van der Waals surface area (Å²) in [5.74, 6) is -0.978. The zero-order valence-corrected chi connectivity index (χ0v) is 9.76. The van der Waals surface area contributed by atoms with Gasteiger partial charge >= 0.3 is 12.1 Å². The first-order chi connectivity index (χ1) is 7.10. The van der Waals surface area contributed by atoms with Crippen molar-refractivity contribution in [1.82, 2.24) is 4.90 Å². The van der Waals surface area contributed by atoms with Crippen LogP contribution in [0.4, 0.5) is 13.2 Å². The summed E-state index contributed by atoms with van der Waals surface area (Å²) in [6, 6.07) is 0. The topological polar surface area (TPSA) is 40.5 Å². The van der Waals surface area contributed by atoms with Gasteiger partial charge in [-0.05, 0) is 20.4 Å². The Hall–Kier alpha value is -0.780. The smallest absolute Gasteiger partial charge is 0.390 e. The average molecular weight is 241 g/mol. The van der Waals surface area contributed by atoms with Gasteiger partial charge in [-0.3, -0.25) is 4.79 Å². The molecule has 6 heteroatoms. The Bertz CT molecular complexity index is 243. The minimum atomic E-state index is -4.19. The van der Waals surface area contributed by atoms with Gasteiger partial charge in [-0.15, -0.1) is 0 Å². The lowest BCUT2D eigenvalue weighted by Gasteiger charge is -2.29. The van der Waals surface area contributed by atoms with Crippen molar-refractivity contribution in [3.8, 4) is 0 Å². The highest BCUT2D eigenvalue weighted by Crippen LogP contribution is 2.24. The van der Waals surface area contributed by atoms with Crippen LogP contribution in [-0.4, -0.2) is 42.3 Å². The number of rotatable bonds is 6. The predicted molar refractivity (Wildman–Crippen MR) is 54.2 cm³/mol. The molecule has 1 N–H and O–H groups in total. The van der Waals surface area contributed by atoms with Crippen molar-refractivity contribution >= 4 is 5.97 Å². The molecule has 0 aliphatic rings. The molecular weight excluding hydrogens is 223 g/mol. The first-order valence-electron chi connectivity index (χ1n) is 5.09. The number of carbonyl (C=O) groups is 1. The minimum absolute atomic E-state index is 0.120. The van der Waals surface area contributed by atoms with Crippen molar-refractivity contribution in [2.75, 3.05) is 20.1 Å². The molecule has 1 atom stereocenters. The molecule has 0 saturated heterocycles. The van der Waals surface area contributed by atoms with E-state index in [9.17, 15) is 18.0 Å². The van der Waals surface area contributed by atoms with Crippen molar-refractivity contribution in [2.45, 2.75) is 32.9 Å². The summed E-state index contributed by atoms with van der Waals surface area (Å²) in [5, 5.41) is 8.96. The molecule has 0 amide bonds. The van der Waals surface area contributed by atoms with E-state index in [-0.39, 0.29) is 13.1 Å². The summed E-state index contributed by atoms with van der Waals surface area (Å²) in [4.78, 5) is 12.3. The van der Waals surface area contributed by atoms with Gasteiger partial charge in [-0.1, -0.05) is 6.92 Å². The molecule has 0 bridgehead atoms. The van der Waals surface area contributed by atoms with Gasteiger partial charge in [-0.25, -0.2) is 0 Å². The van der Waals surface area contributed by atoms with Crippen LogP contribution in [0.1, 0.15) is 26.7 Å². The summed E-state index contributed by atoms with van der Waals surface area (Å²) in [7, 11) is 1.50. The van der Waals surface area contributed by atoms with E-state index in [4.69, 9.17) is 5.11 Å². The summed E-state index contributed by atoms with van der Waals surface area (Å²) >= 11 is 0. The molecule has 0 heterocycles. The van der Waals surface area contributed by atoms with Crippen LogP contribution in [0.5, 0.6) is 0 Å². The minimum Gasteiger partial charge on any atom is -0.481 e. The fraction of sp³-hybridized carbons (Fsp3) is 0.900. The number of hydrogen-bond acceptors (Lipinski definition) is 2. The van der Waals surface area contributed by atoms with E-state index in [1.54, 1.807) is 13.8 Å². The highest BCUT2D eigenvalue weighted by Gasteiger charge is 2.33. The molecule has 3 nitrogen and oxygen atoms in total. The number of hydrogen-bond donors (Lipinski definition) is 1. The fourth-order valence-corrected chi connectivity index (χ4v) is 1.32. The van der Waals surface area contributed by atoms with E-state index in [2.05, 4.69) is 0 Å². The maximum atomic E-state index is 11.9. The molecule has 0 aromatic heterocycles. The lowest BCUT2D eigenvalue weighted by molar-refractivity contribution is -0.150. The molecule has 0 aromatic rings. The van der Waals surface area contributed by atoms with Crippen LogP contribution in [0, 0.1) is 5.41 Å². The molecule has 0 rings (SSSR count). The molecule has 0 aliphatic heterocycles. The Morgan fingerprint density at radius 3 is 2.19 bits per heavy atom. The highest BCUT2D eigenvalue weighted by molar-refractivity contribution is 5.74. The molecule has 0 radical (unpaired) electrons. The third-order valence-corrected chi connectivity index (χ3v) is 2.69. The predicted octanol–water partition coefficient (Wildman–Crippen LogP) is 2.37. The number of nitrogens with zero attached hydrogens (tertiary/aromatic N) is 1. The second kappa shape index (κ2) is 5.52. The van der Waals surface area contributed by atoms with Gasteiger partial charge < -0.3 is 10.0 Å². The standard InChI is InChI=1S/C10H18F3NO2/c1-4-9(2,8(15)16)7-14(3)6-5-10(11,12)13/h4-7H2,1-3H3,(H,15,16). The summed E-state index contributed by atoms with van der Waals surface area (Å²) in [6.07, 6.45) is -4.72. The van der Waals surface area contributed by atoms with Gasteiger partial charge in [0, 0.05) is 13.1 Å². The lowest BCUT2D eigenvalue weighted by atomic mass is 9.87. The van der Waals surface area contributed by atoms with Gasteiger partial charge in [0.25, 0.3) is 0 Å². The Balaban J connectivity index is 4.22. The largest absolute Gasteiger partial charge is 0.481 e. The van der Waals surface area contributed by atoms with Gasteiger partial charge in [0.15, 0.2) is 0 Å². The van der Waals surface area contributed by atoms with Crippen LogP contribution < -0.4 is 0 Å². The number of aliphatic carboxylic acids is 1. The molecule has 16 heavy (non-hydrogen) atoms. The fourth-order valence-electron chi connectivity index (χ4n) is 1.32. The van der Waals surface area contributed by atoms with Gasteiger partial charge in [0.1, 0.15) is 0 Å². The van der Waals surface area contributed by atoms with Gasteiger partial charge in [0.05, 0.1) is 11.8 Å². The quantitative estimate of drug-likeness (QED) is 0.776. The maximum absolute atomic E-state index is 11.9. The summed E-state index contributed by atoms with van der Waals surface area (Å²) in [5.41, 5.74) is -0.986. The number of carboxylic acid groups (broad SMARTS) is 1. The van der Waals surface area contributed by atoms with Crippen molar-refractivity contribution in [3.63, 3.8) is 0 Å². The van der Waals surface area contributed by atoms with Gasteiger partial charge in [-0.2, -0.15) is 13.2 Å². The SMILES string of the molecule is CCC(C)(CN(C)CCC(F)(F)F)C(=O)O. The first-order valence-corrected chi connectivity index (χ1v) is 5.09. The third-order valence-electron chi connectivity index (χ3n) is 2.69. The van der Waals surface area contributed by atoms with Gasteiger partial charge in [0.2, 0.25) is 0 Å². The third kappa shape index (κ3) is 5.34. The van der Waals surface area contributed by atoms with Crippen molar-refractivity contribution in [2.24, 2.45) is 5.41 Å². The van der Waals surface area contributed by atoms with Crippen LogP contribution >= 0.6 is 0 Å². The van der Waals surface area contributed by atoms with E-state index >= 15 is 0 Å². The Kier molecular flexibility index (Phi) is 5.25. The van der Waals surface area contributed by atoms with E-state index in [1.807, 2.05) is 0 Å². The van der Waals surface area contributed by atoms with E-state index in [0.29, 0.717) is 6.42 Å². The Morgan fingerprint density at radius 2 is 1.88 bits per heavy atom. The summed E-state index contributed by atoms with van der Waals surface area (Å²) in [6.45, 7) is 3.20. The van der Waals surface area contributed by atoms with Crippen molar-refractivity contribution in [3.05, 3.63) is 0 Å². The molecule has 0 spiro atoms. The average Bonchev–Trinajstić information content (AvgIpc) is 2.13. The van der Waals surface area contributed by atoms with Crippen molar-refractivity contribution in [1.29, 1.82) is 0 Å². The van der Waals surface area contributed by atoms with Crippen LogP contribution in [0.15, 0.2) is 0 Å². The summed E-state index contributed by atoms with van der Waals surface area (Å²) < 4.78 is 35.8. The molecule has 1 unspecified atom stereocenters. The second-order valence-electron chi connectivity index (χ2n) is 4.32. The molecule has 0 aromatic carbocycles. The van der Waals surface area contributed by atoms with Crippen LogP contribution in [-0.2, 0) is 4.79 Å². The normalized spacial score (nSPS) is 16.2. The molecule has 0 fully saturated rings. The number of alkyl halides is 3. The maximum Gasteiger partial charge on any atom is 0.390 e. The highest BCUT2D eigenvalue weighted by atomic mass is 19.4. The number of carboxylic acids is 1. The molecule has 0 saturated carbocycles. The first kappa shape index (κ1) is 15.2. The Morgan fingerprint density at radius 1 is 1.38 bits per heavy atom. The Labute approximate surface area is 93.2 Å². The van der Waals surface area contributed by atoms with E-state index in [1.165, 1.54) is 11.9 Å². The number of halogens is 3. The van der Waals surface area contributed by atoms with Crippen LogP contribution in [0.2, 0.25) is 0 Å². The van der Waals surface area contributed by atoms with E-state index in [0.717, 1.165) is 0 Å². The zero-order chi connectivity index (χ0) is 13.0. The monoisotopic (exact) mass is 241 g/mol. The second-order valence-corrected chi connectivity index (χ2v) is 4.32. The van der Waals surface area contributed by atoms with Crippen molar-refractivity contribution < 1.29 is 23.1 Å². The molecule has 0 aliphatic carbocycles. The van der Waals surface area contributed by atoms with Crippen LogP contribution in [0.25, 0.3) is 0 Å². The van der Waals surface area contributed by atoms with Crippen LogP contribution in [0.3, 0.4) is 0 Å². The molecular formula is C10H18F3NO2. The molecule has 96 valence electrons. The zero-order valence-electron chi connectivity index (χ0n) is 9.76. The lowest BCUT2D eigenvalue weighted by Crippen LogP contribution is -2.40.